The number of hydrogen-bond acceptors (Lipinski definition) is 2. The smallest absolute Gasteiger partial charge is 0.226 e. The first-order valence-corrected chi connectivity index (χ1v) is 8.20. The first-order chi connectivity index (χ1) is 11.6. The van der Waals surface area contributed by atoms with E-state index in [4.69, 9.17) is 11.6 Å². The molecule has 1 atom stereocenters. The molecule has 1 aromatic heterocycles. The van der Waals surface area contributed by atoms with Crippen LogP contribution in [0.4, 0.5) is 5.82 Å². The number of benzene rings is 2. The van der Waals surface area contributed by atoms with Crippen molar-refractivity contribution in [3.8, 4) is 5.69 Å². The lowest BCUT2D eigenvalue weighted by atomic mass is 9.87. The van der Waals surface area contributed by atoms with Crippen molar-refractivity contribution in [2.45, 2.75) is 19.3 Å². The average Bonchev–Trinajstić information content (AvgIpc) is 2.98. The molecule has 1 amide bonds. The minimum Gasteiger partial charge on any atom is -0.310 e. The number of halogens is 1. The summed E-state index contributed by atoms with van der Waals surface area (Å²) in [5, 5.41) is 8.14. The molecule has 2 aromatic carbocycles. The summed E-state index contributed by atoms with van der Waals surface area (Å²) >= 11 is 6.12. The lowest BCUT2D eigenvalue weighted by molar-refractivity contribution is -0.116. The number of carbonyl (C=O) groups excluding carboxylic acids is 1. The SMILES string of the molecule is Cc1ccc(-n2ncc3c2NC(=O)CC3c2cccc(Cl)c2)cc1. The summed E-state index contributed by atoms with van der Waals surface area (Å²) in [5.41, 5.74) is 4.15. The Hall–Kier alpha value is -2.59. The predicted molar refractivity (Wildman–Crippen MR) is 94.8 cm³/mol. The molecule has 0 radical (unpaired) electrons. The Morgan fingerprint density at radius 3 is 2.75 bits per heavy atom. The standard InChI is InChI=1S/C19H16ClN3O/c1-12-5-7-15(8-6-12)23-19-17(11-21-23)16(10-18(24)22-19)13-3-2-4-14(20)9-13/h2-9,11,16H,10H2,1H3,(H,22,24). The number of aromatic nitrogens is 2. The van der Waals surface area contributed by atoms with Gasteiger partial charge in [-0.1, -0.05) is 41.4 Å². The third-order valence-corrected chi connectivity index (χ3v) is 4.58. The molecule has 120 valence electrons. The minimum atomic E-state index is -0.0355. The summed E-state index contributed by atoms with van der Waals surface area (Å²) in [4.78, 5) is 12.2. The van der Waals surface area contributed by atoms with Gasteiger partial charge in [-0.3, -0.25) is 4.79 Å². The van der Waals surface area contributed by atoms with Crippen LogP contribution in [0.5, 0.6) is 0 Å². The Balaban J connectivity index is 1.81. The molecule has 4 nitrogen and oxygen atoms in total. The van der Waals surface area contributed by atoms with Crippen LogP contribution in [0, 0.1) is 6.92 Å². The maximum Gasteiger partial charge on any atom is 0.226 e. The number of carbonyl (C=O) groups is 1. The van der Waals surface area contributed by atoms with Crippen LogP contribution < -0.4 is 5.32 Å². The minimum absolute atomic E-state index is 0.0127. The summed E-state index contributed by atoms with van der Waals surface area (Å²) in [6, 6.07) is 15.7. The first kappa shape index (κ1) is 15.0. The van der Waals surface area contributed by atoms with Crippen LogP contribution in [0.25, 0.3) is 5.69 Å². The number of amides is 1. The molecule has 0 aliphatic carbocycles. The predicted octanol–water partition coefficient (Wildman–Crippen LogP) is 4.31. The van der Waals surface area contributed by atoms with Crippen molar-refractivity contribution < 1.29 is 4.79 Å². The van der Waals surface area contributed by atoms with Crippen molar-refractivity contribution in [2.75, 3.05) is 5.32 Å². The summed E-state index contributed by atoms with van der Waals surface area (Å²) in [6.45, 7) is 2.04. The van der Waals surface area contributed by atoms with Crippen molar-refractivity contribution >= 4 is 23.3 Å². The van der Waals surface area contributed by atoms with E-state index in [1.165, 1.54) is 5.56 Å². The molecule has 3 aromatic rings. The normalized spacial score (nSPS) is 16.6. The van der Waals surface area contributed by atoms with E-state index < -0.39 is 0 Å². The molecule has 1 aliphatic heterocycles. The number of anilines is 1. The van der Waals surface area contributed by atoms with Gasteiger partial charge >= 0.3 is 0 Å². The second-order valence-corrected chi connectivity index (χ2v) is 6.49. The Labute approximate surface area is 145 Å². The fourth-order valence-corrected chi connectivity index (χ4v) is 3.32. The molecule has 1 aliphatic rings. The zero-order chi connectivity index (χ0) is 16.7. The van der Waals surface area contributed by atoms with Gasteiger partial charge in [0.15, 0.2) is 0 Å². The molecule has 4 rings (SSSR count). The molecule has 0 fully saturated rings. The summed E-state index contributed by atoms with van der Waals surface area (Å²) in [7, 11) is 0. The van der Waals surface area contributed by atoms with E-state index in [1.54, 1.807) is 4.68 Å². The van der Waals surface area contributed by atoms with Crippen LogP contribution in [-0.4, -0.2) is 15.7 Å². The second kappa shape index (κ2) is 5.80. The molecule has 0 bridgehead atoms. The second-order valence-electron chi connectivity index (χ2n) is 6.06. The number of nitrogens with one attached hydrogen (secondary N) is 1. The third-order valence-electron chi connectivity index (χ3n) is 4.35. The van der Waals surface area contributed by atoms with Gasteiger partial charge in [0.05, 0.1) is 11.9 Å². The van der Waals surface area contributed by atoms with E-state index in [1.807, 2.05) is 61.7 Å². The summed E-state index contributed by atoms with van der Waals surface area (Å²) in [6.07, 6.45) is 2.23. The van der Waals surface area contributed by atoms with E-state index in [2.05, 4.69) is 10.4 Å². The number of hydrogen-bond donors (Lipinski definition) is 1. The zero-order valence-corrected chi connectivity index (χ0v) is 13.9. The molecular formula is C19H16ClN3O. The highest BCUT2D eigenvalue weighted by atomic mass is 35.5. The van der Waals surface area contributed by atoms with Crippen LogP contribution in [-0.2, 0) is 4.79 Å². The van der Waals surface area contributed by atoms with Gasteiger partial charge in [-0.2, -0.15) is 5.10 Å². The van der Waals surface area contributed by atoms with Crippen LogP contribution >= 0.6 is 11.6 Å². The quantitative estimate of drug-likeness (QED) is 0.757. The number of rotatable bonds is 2. The first-order valence-electron chi connectivity index (χ1n) is 7.82. The number of nitrogens with zero attached hydrogens (tertiary/aromatic N) is 2. The Bertz CT molecular complexity index is 915. The van der Waals surface area contributed by atoms with Crippen LogP contribution in [0.3, 0.4) is 0 Å². The van der Waals surface area contributed by atoms with Crippen LogP contribution in [0.15, 0.2) is 54.7 Å². The molecule has 0 spiro atoms. The molecular weight excluding hydrogens is 322 g/mol. The molecule has 2 heterocycles. The molecule has 1 unspecified atom stereocenters. The fourth-order valence-electron chi connectivity index (χ4n) is 3.12. The van der Waals surface area contributed by atoms with Gasteiger partial charge in [-0.25, -0.2) is 4.68 Å². The average molecular weight is 338 g/mol. The van der Waals surface area contributed by atoms with E-state index in [-0.39, 0.29) is 11.8 Å². The van der Waals surface area contributed by atoms with E-state index in [0.29, 0.717) is 11.4 Å². The largest absolute Gasteiger partial charge is 0.310 e. The van der Waals surface area contributed by atoms with Crippen molar-refractivity contribution in [1.29, 1.82) is 0 Å². The number of fused-ring (bicyclic) bond motifs is 1. The van der Waals surface area contributed by atoms with E-state index >= 15 is 0 Å². The molecule has 24 heavy (non-hydrogen) atoms. The van der Waals surface area contributed by atoms with Gasteiger partial charge in [-0.05, 0) is 36.8 Å². The van der Waals surface area contributed by atoms with E-state index in [9.17, 15) is 4.79 Å². The molecule has 0 saturated carbocycles. The van der Waals surface area contributed by atoms with Crippen molar-refractivity contribution in [3.63, 3.8) is 0 Å². The van der Waals surface area contributed by atoms with Gasteiger partial charge in [0.2, 0.25) is 5.91 Å². The van der Waals surface area contributed by atoms with Gasteiger partial charge in [0, 0.05) is 22.9 Å². The monoisotopic (exact) mass is 337 g/mol. The highest BCUT2D eigenvalue weighted by Gasteiger charge is 2.30. The lowest BCUT2D eigenvalue weighted by Gasteiger charge is -2.24. The van der Waals surface area contributed by atoms with Gasteiger partial charge < -0.3 is 5.32 Å². The Morgan fingerprint density at radius 1 is 1.21 bits per heavy atom. The summed E-state index contributed by atoms with van der Waals surface area (Å²) < 4.78 is 1.78. The number of aryl methyl sites for hydroxylation is 1. The molecule has 1 N–H and O–H groups in total. The van der Waals surface area contributed by atoms with Gasteiger partial charge in [0.1, 0.15) is 5.82 Å². The van der Waals surface area contributed by atoms with Crippen molar-refractivity contribution in [1.82, 2.24) is 9.78 Å². The molecule has 0 saturated heterocycles. The highest BCUT2D eigenvalue weighted by Crippen LogP contribution is 2.38. The van der Waals surface area contributed by atoms with E-state index in [0.717, 1.165) is 22.6 Å². The Kier molecular flexibility index (Phi) is 3.62. The third kappa shape index (κ3) is 2.59. The summed E-state index contributed by atoms with van der Waals surface area (Å²) in [5.74, 6) is 0.688. The Morgan fingerprint density at radius 2 is 2.00 bits per heavy atom. The maximum atomic E-state index is 12.2. The fraction of sp³-hybridized carbons (Fsp3) is 0.158. The van der Waals surface area contributed by atoms with Crippen LogP contribution in [0.2, 0.25) is 5.02 Å². The zero-order valence-electron chi connectivity index (χ0n) is 13.2. The maximum absolute atomic E-state index is 12.2. The van der Waals surface area contributed by atoms with Crippen molar-refractivity contribution in [2.24, 2.45) is 0 Å². The lowest BCUT2D eigenvalue weighted by Crippen LogP contribution is -2.24. The molecule has 5 heteroatoms. The van der Waals surface area contributed by atoms with Crippen LogP contribution in [0.1, 0.15) is 29.0 Å². The topological polar surface area (TPSA) is 46.9 Å². The van der Waals surface area contributed by atoms with Gasteiger partial charge in [-0.15, -0.1) is 0 Å². The van der Waals surface area contributed by atoms with Gasteiger partial charge in [0.25, 0.3) is 0 Å². The highest BCUT2D eigenvalue weighted by molar-refractivity contribution is 6.30. The van der Waals surface area contributed by atoms with Crippen molar-refractivity contribution in [3.05, 3.63) is 76.4 Å².